The van der Waals surface area contributed by atoms with Crippen LogP contribution in [0.3, 0.4) is 0 Å². The minimum Gasteiger partial charge on any atom is -0.493 e. The van der Waals surface area contributed by atoms with Crippen LogP contribution in [0.5, 0.6) is 0 Å². The zero-order valence-electron chi connectivity index (χ0n) is 13.4. The van der Waals surface area contributed by atoms with Gasteiger partial charge in [-0.25, -0.2) is 12.8 Å². The number of rotatable bonds is 3. The van der Waals surface area contributed by atoms with Gasteiger partial charge in [0.1, 0.15) is 12.4 Å². The van der Waals surface area contributed by atoms with Gasteiger partial charge >= 0.3 is 0 Å². The summed E-state index contributed by atoms with van der Waals surface area (Å²) in [4.78, 5) is 0.281. The Bertz CT molecular complexity index is 922. The predicted molar refractivity (Wildman–Crippen MR) is 92.5 cm³/mol. The first-order valence-electron chi connectivity index (χ1n) is 7.45. The van der Waals surface area contributed by atoms with Crippen LogP contribution < -0.4 is 0 Å². The van der Waals surface area contributed by atoms with Gasteiger partial charge in [-0.15, -0.1) is 0 Å². The topological polar surface area (TPSA) is 43.4 Å². The first-order valence-corrected chi connectivity index (χ1v) is 9.34. The zero-order chi connectivity index (χ0) is 17.3. The second-order valence-corrected chi connectivity index (χ2v) is 7.76. The summed E-state index contributed by atoms with van der Waals surface area (Å²) in [7, 11) is -3.23. The SMILES string of the molecule is CC1=CC(c2ccc(S(C)(=O)=O)cc2)=C(c2ccc(F)cc2)CO1. The number of sulfone groups is 1. The Morgan fingerprint density at radius 3 is 2.12 bits per heavy atom. The summed E-state index contributed by atoms with van der Waals surface area (Å²) in [6.07, 6.45) is 3.10. The lowest BCUT2D eigenvalue weighted by molar-refractivity contribution is 0.253. The summed E-state index contributed by atoms with van der Waals surface area (Å²) in [6, 6.07) is 13.0. The molecule has 2 aromatic rings. The maximum Gasteiger partial charge on any atom is 0.175 e. The van der Waals surface area contributed by atoms with E-state index in [4.69, 9.17) is 4.74 Å². The van der Waals surface area contributed by atoms with Crippen molar-refractivity contribution in [3.8, 4) is 0 Å². The van der Waals surface area contributed by atoms with Crippen LogP contribution >= 0.6 is 0 Å². The minimum absolute atomic E-state index is 0.281. The average molecular weight is 344 g/mol. The predicted octanol–water partition coefficient (Wildman–Crippen LogP) is 4.07. The second-order valence-electron chi connectivity index (χ2n) is 5.74. The molecule has 24 heavy (non-hydrogen) atoms. The molecular formula is C19H17FO3S. The van der Waals surface area contributed by atoms with Gasteiger partial charge in [0.25, 0.3) is 0 Å². The molecule has 0 amide bonds. The van der Waals surface area contributed by atoms with Crippen LogP contribution in [0.25, 0.3) is 11.1 Å². The van der Waals surface area contributed by atoms with Gasteiger partial charge in [-0.2, -0.15) is 0 Å². The number of hydrogen-bond donors (Lipinski definition) is 0. The highest BCUT2D eigenvalue weighted by Gasteiger charge is 2.16. The van der Waals surface area contributed by atoms with Gasteiger partial charge in [-0.05, 0) is 54.0 Å². The van der Waals surface area contributed by atoms with Crippen LogP contribution in [-0.4, -0.2) is 21.3 Å². The summed E-state index contributed by atoms with van der Waals surface area (Å²) in [5, 5.41) is 0. The van der Waals surface area contributed by atoms with E-state index in [0.29, 0.717) is 6.61 Å². The van der Waals surface area contributed by atoms with Gasteiger partial charge in [-0.1, -0.05) is 24.3 Å². The summed E-state index contributed by atoms with van der Waals surface area (Å²) in [5.74, 6) is 0.491. The van der Waals surface area contributed by atoms with Crippen molar-refractivity contribution >= 4 is 21.0 Å². The minimum atomic E-state index is -3.23. The van der Waals surface area contributed by atoms with Crippen molar-refractivity contribution in [3.05, 3.63) is 77.3 Å². The Morgan fingerprint density at radius 2 is 1.54 bits per heavy atom. The molecule has 0 atom stereocenters. The van der Waals surface area contributed by atoms with Crippen molar-refractivity contribution in [2.75, 3.05) is 12.9 Å². The van der Waals surface area contributed by atoms with Gasteiger partial charge in [0.15, 0.2) is 9.84 Å². The van der Waals surface area contributed by atoms with E-state index < -0.39 is 9.84 Å². The normalized spacial score (nSPS) is 15.0. The van der Waals surface area contributed by atoms with Crippen LogP contribution in [0.2, 0.25) is 0 Å². The summed E-state index contributed by atoms with van der Waals surface area (Å²) < 4.78 is 42.0. The molecule has 3 nitrogen and oxygen atoms in total. The van der Waals surface area contributed by atoms with E-state index in [1.54, 1.807) is 36.4 Å². The standard InChI is InChI=1S/C19H17FO3S/c1-13-11-18(14-5-9-17(10-6-14)24(2,21)22)19(12-23-13)15-3-7-16(20)8-4-15/h3-11H,12H2,1-2H3. The molecule has 0 fully saturated rings. The lowest BCUT2D eigenvalue weighted by Gasteiger charge is -2.20. The van der Waals surface area contributed by atoms with Crippen LogP contribution in [0.15, 0.2) is 65.3 Å². The number of allylic oxidation sites excluding steroid dienone is 3. The number of ether oxygens (including phenoxy) is 1. The van der Waals surface area contributed by atoms with Crippen molar-refractivity contribution in [1.29, 1.82) is 0 Å². The molecule has 0 saturated carbocycles. The number of benzene rings is 2. The monoisotopic (exact) mass is 344 g/mol. The molecule has 2 aromatic carbocycles. The highest BCUT2D eigenvalue weighted by atomic mass is 32.2. The maximum absolute atomic E-state index is 13.2. The highest BCUT2D eigenvalue weighted by molar-refractivity contribution is 7.90. The van der Waals surface area contributed by atoms with E-state index in [0.717, 1.165) is 28.0 Å². The van der Waals surface area contributed by atoms with Crippen molar-refractivity contribution < 1.29 is 17.5 Å². The van der Waals surface area contributed by atoms with Crippen molar-refractivity contribution in [2.24, 2.45) is 0 Å². The molecule has 1 aliphatic heterocycles. The van der Waals surface area contributed by atoms with Crippen molar-refractivity contribution in [1.82, 2.24) is 0 Å². The smallest absolute Gasteiger partial charge is 0.175 e. The molecule has 0 unspecified atom stereocenters. The quantitative estimate of drug-likeness (QED) is 0.843. The van der Waals surface area contributed by atoms with Crippen LogP contribution in [0, 0.1) is 5.82 Å². The summed E-state index contributed by atoms with van der Waals surface area (Å²) in [5.41, 5.74) is 3.66. The fourth-order valence-corrected chi connectivity index (χ4v) is 3.26. The van der Waals surface area contributed by atoms with Crippen LogP contribution in [-0.2, 0) is 14.6 Å². The zero-order valence-corrected chi connectivity index (χ0v) is 14.2. The molecule has 3 rings (SSSR count). The molecular weight excluding hydrogens is 327 g/mol. The third-order valence-corrected chi connectivity index (χ3v) is 5.03. The van der Waals surface area contributed by atoms with E-state index in [9.17, 15) is 12.8 Å². The van der Waals surface area contributed by atoms with Gasteiger partial charge in [0.2, 0.25) is 0 Å². The third-order valence-electron chi connectivity index (χ3n) is 3.90. The van der Waals surface area contributed by atoms with E-state index in [1.165, 1.54) is 18.4 Å². The van der Waals surface area contributed by atoms with Gasteiger partial charge in [-0.3, -0.25) is 0 Å². The van der Waals surface area contributed by atoms with E-state index in [1.807, 2.05) is 13.0 Å². The molecule has 0 bridgehead atoms. The van der Waals surface area contributed by atoms with E-state index in [-0.39, 0.29) is 10.7 Å². The van der Waals surface area contributed by atoms with Gasteiger partial charge in [0.05, 0.1) is 10.7 Å². The lowest BCUT2D eigenvalue weighted by Crippen LogP contribution is -2.06. The van der Waals surface area contributed by atoms with Crippen molar-refractivity contribution in [3.63, 3.8) is 0 Å². The van der Waals surface area contributed by atoms with Gasteiger partial charge < -0.3 is 4.74 Å². The Morgan fingerprint density at radius 1 is 0.958 bits per heavy atom. The van der Waals surface area contributed by atoms with Crippen LogP contribution in [0.4, 0.5) is 4.39 Å². The Balaban J connectivity index is 2.11. The maximum atomic E-state index is 13.2. The lowest BCUT2D eigenvalue weighted by atomic mass is 9.93. The van der Waals surface area contributed by atoms with E-state index >= 15 is 0 Å². The molecule has 0 radical (unpaired) electrons. The third kappa shape index (κ3) is 3.41. The largest absolute Gasteiger partial charge is 0.493 e. The van der Waals surface area contributed by atoms with E-state index in [2.05, 4.69) is 0 Å². The molecule has 0 spiro atoms. The molecule has 124 valence electrons. The fraction of sp³-hybridized carbons (Fsp3) is 0.158. The average Bonchev–Trinajstić information content (AvgIpc) is 2.55. The molecule has 1 heterocycles. The molecule has 0 saturated heterocycles. The molecule has 0 aromatic heterocycles. The fourth-order valence-electron chi connectivity index (χ4n) is 2.62. The first-order chi connectivity index (χ1) is 11.3. The molecule has 5 heteroatoms. The molecule has 1 aliphatic rings. The van der Waals surface area contributed by atoms with Gasteiger partial charge in [0, 0.05) is 11.8 Å². The molecule has 0 N–H and O–H groups in total. The second kappa shape index (κ2) is 6.24. The van der Waals surface area contributed by atoms with Crippen LogP contribution in [0.1, 0.15) is 18.1 Å². The Hall–Kier alpha value is -2.40. The molecule has 0 aliphatic carbocycles. The summed E-state index contributed by atoms with van der Waals surface area (Å²) in [6.45, 7) is 2.25. The highest BCUT2D eigenvalue weighted by Crippen LogP contribution is 2.33. The van der Waals surface area contributed by atoms with Crippen molar-refractivity contribution in [2.45, 2.75) is 11.8 Å². The number of hydrogen-bond acceptors (Lipinski definition) is 3. The summed E-state index contributed by atoms with van der Waals surface area (Å²) >= 11 is 0. The Kier molecular flexibility index (Phi) is 4.28. The Labute approximate surface area is 141 Å². The number of halogens is 1. The first kappa shape index (κ1) is 16.5.